The summed E-state index contributed by atoms with van der Waals surface area (Å²) in [5.41, 5.74) is 7.74. The van der Waals surface area contributed by atoms with Gasteiger partial charge in [0.2, 0.25) is 0 Å². The Balaban J connectivity index is 2.45. The first kappa shape index (κ1) is 15.8. The number of ketones is 1. The third-order valence-corrected chi connectivity index (χ3v) is 4.77. The highest BCUT2D eigenvalue weighted by molar-refractivity contribution is 6.30. The second-order valence-corrected chi connectivity index (χ2v) is 6.17. The molecule has 0 aliphatic rings. The molecule has 2 aromatic rings. The fraction of sp³-hybridized carbons (Fsp3) is 0.316. The van der Waals surface area contributed by atoms with Crippen LogP contribution in [-0.2, 0) is 6.42 Å². The fourth-order valence-corrected chi connectivity index (χ4v) is 3.05. The van der Waals surface area contributed by atoms with E-state index < -0.39 is 0 Å². The lowest BCUT2D eigenvalue weighted by Crippen LogP contribution is -2.11. The van der Waals surface area contributed by atoms with Crippen LogP contribution in [0.25, 0.3) is 0 Å². The quantitative estimate of drug-likeness (QED) is 0.702. The zero-order valence-electron chi connectivity index (χ0n) is 13.3. The Morgan fingerprint density at radius 1 is 0.905 bits per heavy atom. The second kappa shape index (κ2) is 6.03. The number of hydrogen-bond donors (Lipinski definition) is 0. The highest BCUT2D eigenvalue weighted by Gasteiger charge is 2.18. The van der Waals surface area contributed by atoms with Crippen LogP contribution in [0.15, 0.2) is 24.3 Å². The molecule has 1 nitrogen and oxygen atoms in total. The number of benzene rings is 2. The summed E-state index contributed by atoms with van der Waals surface area (Å²) in [6, 6.07) is 7.52. The molecule has 21 heavy (non-hydrogen) atoms. The van der Waals surface area contributed by atoms with E-state index >= 15 is 0 Å². The van der Waals surface area contributed by atoms with Gasteiger partial charge in [0.1, 0.15) is 0 Å². The van der Waals surface area contributed by atoms with Gasteiger partial charge in [0, 0.05) is 17.0 Å². The predicted molar refractivity (Wildman–Crippen MR) is 89.6 cm³/mol. The van der Waals surface area contributed by atoms with Crippen molar-refractivity contribution in [3.05, 3.63) is 68.2 Å². The lowest BCUT2D eigenvalue weighted by molar-refractivity contribution is 0.0991. The van der Waals surface area contributed by atoms with E-state index in [2.05, 4.69) is 20.8 Å². The van der Waals surface area contributed by atoms with Crippen molar-refractivity contribution in [3.8, 4) is 0 Å². The molecule has 0 spiro atoms. The van der Waals surface area contributed by atoms with Crippen molar-refractivity contribution >= 4 is 17.4 Å². The first-order valence-electron chi connectivity index (χ1n) is 7.17. The van der Waals surface area contributed by atoms with Crippen LogP contribution >= 0.6 is 11.6 Å². The van der Waals surface area contributed by atoms with Crippen LogP contribution in [0.3, 0.4) is 0 Å². The van der Waals surface area contributed by atoms with Crippen molar-refractivity contribution in [2.45, 2.75) is 41.0 Å². The lowest BCUT2D eigenvalue weighted by atomic mass is 9.86. The van der Waals surface area contributed by atoms with Gasteiger partial charge in [-0.3, -0.25) is 4.79 Å². The van der Waals surface area contributed by atoms with Crippen molar-refractivity contribution in [3.63, 3.8) is 0 Å². The Hall–Kier alpha value is -1.60. The van der Waals surface area contributed by atoms with Gasteiger partial charge < -0.3 is 0 Å². The Morgan fingerprint density at radius 3 is 1.95 bits per heavy atom. The number of carbonyl (C=O) groups excluding carboxylic acids is 1. The molecule has 0 aliphatic heterocycles. The summed E-state index contributed by atoms with van der Waals surface area (Å²) in [4.78, 5) is 12.7. The minimum absolute atomic E-state index is 0.165. The van der Waals surface area contributed by atoms with Crippen LogP contribution in [0.1, 0.15) is 43.7 Å². The van der Waals surface area contributed by atoms with Crippen LogP contribution in [0.2, 0.25) is 5.02 Å². The van der Waals surface area contributed by atoms with E-state index in [9.17, 15) is 4.79 Å². The van der Waals surface area contributed by atoms with E-state index in [1.54, 1.807) is 0 Å². The first-order chi connectivity index (χ1) is 9.82. The third kappa shape index (κ3) is 3.03. The van der Waals surface area contributed by atoms with Gasteiger partial charge in [0.25, 0.3) is 0 Å². The van der Waals surface area contributed by atoms with Crippen molar-refractivity contribution in [1.82, 2.24) is 0 Å². The molecule has 110 valence electrons. The Labute approximate surface area is 132 Å². The molecule has 0 fully saturated rings. The van der Waals surface area contributed by atoms with Crippen molar-refractivity contribution < 1.29 is 4.79 Å². The summed E-state index contributed by atoms with van der Waals surface area (Å²) in [6.07, 6.45) is 0.393. The Kier molecular flexibility index (Phi) is 4.53. The highest BCUT2D eigenvalue weighted by atomic mass is 35.5. The number of Topliss-reactive ketones (excluding diaryl/α,β-unsaturated/α-hetero) is 1. The maximum absolute atomic E-state index is 12.7. The maximum Gasteiger partial charge on any atom is 0.167 e. The average Bonchev–Trinajstić information content (AvgIpc) is 2.43. The van der Waals surface area contributed by atoms with Crippen LogP contribution in [0.5, 0.6) is 0 Å². The molecule has 0 saturated heterocycles. The molecule has 2 heteroatoms. The predicted octanol–water partition coefficient (Wildman–Crippen LogP) is 5.31. The van der Waals surface area contributed by atoms with Crippen LogP contribution in [-0.4, -0.2) is 5.78 Å². The molecule has 0 aromatic heterocycles. The number of halogens is 1. The zero-order valence-corrected chi connectivity index (χ0v) is 14.1. The van der Waals surface area contributed by atoms with Crippen LogP contribution < -0.4 is 0 Å². The van der Waals surface area contributed by atoms with Crippen molar-refractivity contribution in [2.75, 3.05) is 0 Å². The van der Waals surface area contributed by atoms with Gasteiger partial charge in [-0.2, -0.15) is 0 Å². The SMILES string of the molecule is Cc1c(C)c(C)c(C(=O)Cc2cccc(Cl)c2)c(C)c1C. The third-order valence-electron chi connectivity index (χ3n) is 4.53. The molecule has 2 rings (SSSR count). The normalized spacial score (nSPS) is 10.8. The number of rotatable bonds is 3. The lowest BCUT2D eigenvalue weighted by Gasteiger charge is -2.18. The Bertz CT molecular complexity index is 685. The van der Waals surface area contributed by atoms with E-state index in [0.717, 1.165) is 22.3 Å². The van der Waals surface area contributed by atoms with Gasteiger partial charge in [-0.25, -0.2) is 0 Å². The van der Waals surface area contributed by atoms with Crippen LogP contribution in [0, 0.1) is 34.6 Å². The van der Waals surface area contributed by atoms with E-state index in [1.807, 2.05) is 38.1 Å². The monoisotopic (exact) mass is 300 g/mol. The molecule has 0 bridgehead atoms. The largest absolute Gasteiger partial charge is 0.294 e. The molecule has 0 heterocycles. The molecule has 0 N–H and O–H groups in total. The summed E-state index contributed by atoms with van der Waals surface area (Å²) < 4.78 is 0. The van der Waals surface area contributed by atoms with Gasteiger partial charge >= 0.3 is 0 Å². The van der Waals surface area contributed by atoms with Gasteiger partial charge in [-0.15, -0.1) is 0 Å². The summed E-state index contributed by atoms with van der Waals surface area (Å²) in [7, 11) is 0. The molecule has 0 unspecified atom stereocenters. The molecular formula is C19H21ClO. The van der Waals surface area contributed by atoms with Crippen molar-refractivity contribution in [2.24, 2.45) is 0 Å². The molecule has 2 aromatic carbocycles. The molecule has 0 amide bonds. The van der Waals surface area contributed by atoms with Crippen molar-refractivity contribution in [1.29, 1.82) is 0 Å². The van der Waals surface area contributed by atoms with Gasteiger partial charge in [0.15, 0.2) is 5.78 Å². The maximum atomic E-state index is 12.7. The average molecular weight is 301 g/mol. The first-order valence-corrected chi connectivity index (χ1v) is 7.55. The zero-order chi connectivity index (χ0) is 15.7. The molecule has 0 aliphatic carbocycles. The van der Waals surface area contributed by atoms with E-state index in [0.29, 0.717) is 11.4 Å². The fourth-order valence-electron chi connectivity index (χ4n) is 2.84. The minimum Gasteiger partial charge on any atom is -0.294 e. The van der Waals surface area contributed by atoms with Gasteiger partial charge in [-0.05, 0) is 80.1 Å². The molecule has 0 saturated carbocycles. The van der Waals surface area contributed by atoms with E-state index in [4.69, 9.17) is 11.6 Å². The van der Waals surface area contributed by atoms with Crippen LogP contribution in [0.4, 0.5) is 0 Å². The second-order valence-electron chi connectivity index (χ2n) is 5.73. The molecule has 0 radical (unpaired) electrons. The molecule has 0 atom stereocenters. The number of hydrogen-bond acceptors (Lipinski definition) is 1. The summed E-state index contributed by atoms with van der Waals surface area (Å²) in [6.45, 7) is 10.4. The van der Waals surface area contributed by atoms with Gasteiger partial charge in [0.05, 0.1) is 0 Å². The minimum atomic E-state index is 0.165. The topological polar surface area (TPSA) is 17.1 Å². The number of carbonyl (C=O) groups is 1. The van der Waals surface area contributed by atoms with E-state index in [1.165, 1.54) is 16.7 Å². The summed E-state index contributed by atoms with van der Waals surface area (Å²) >= 11 is 6.00. The van der Waals surface area contributed by atoms with E-state index in [-0.39, 0.29) is 5.78 Å². The summed E-state index contributed by atoms with van der Waals surface area (Å²) in [5.74, 6) is 0.165. The Morgan fingerprint density at radius 2 is 1.43 bits per heavy atom. The molecular weight excluding hydrogens is 280 g/mol. The highest BCUT2D eigenvalue weighted by Crippen LogP contribution is 2.27. The van der Waals surface area contributed by atoms with Gasteiger partial charge in [-0.1, -0.05) is 23.7 Å². The smallest absolute Gasteiger partial charge is 0.167 e. The standard InChI is InChI=1S/C19H21ClO/c1-11-12(2)14(4)19(15(5)13(11)3)18(21)10-16-7-6-8-17(20)9-16/h6-9H,10H2,1-5H3. The summed E-state index contributed by atoms with van der Waals surface area (Å²) in [5, 5.41) is 0.671.